The summed E-state index contributed by atoms with van der Waals surface area (Å²) in [5.41, 5.74) is -1.51. The van der Waals surface area contributed by atoms with Gasteiger partial charge in [-0.05, 0) is 114 Å². The summed E-state index contributed by atoms with van der Waals surface area (Å²) < 4.78 is 56.5. The van der Waals surface area contributed by atoms with E-state index < -0.39 is 175 Å². The van der Waals surface area contributed by atoms with E-state index >= 15 is 14.0 Å². The van der Waals surface area contributed by atoms with Crippen LogP contribution in [0.2, 0.25) is 0 Å². The summed E-state index contributed by atoms with van der Waals surface area (Å²) in [6.07, 6.45) is 0.0956. The summed E-state index contributed by atoms with van der Waals surface area (Å²) in [4.78, 5) is 169. The maximum atomic E-state index is 15.2. The van der Waals surface area contributed by atoms with E-state index in [0.717, 1.165) is 53.2 Å². The molecule has 0 radical (unpaired) electrons. The zero-order chi connectivity index (χ0) is 68.7. The van der Waals surface area contributed by atoms with E-state index in [0.29, 0.717) is 25.7 Å². The number of alkyl halides is 4. The van der Waals surface area contributed by atoms with Crippen LogP contribution in [0.25, 0.3) is 0 Å². The Hall–Kier alpha value is -6.11. The summed E-state index contributed by atoms with van der Waals surface area (Å²) in [5, 5.41) is 11.6. The van der Waals surface area contributed by atoms with Gasteiger partial charge in [-0.1, -0.05) is 99.3 Å². The largest absolute Gasteiger partial charge is 0.394 e. The highest BCUT2D eigenvalue weighted by Crippen LogP contribution is 2.43. The first-order valence-corrected chi connectivity index (χ1v) is 33.9. The van der Waals surface area contributed by atoms with Crippen LogP contribution in [0, 0.1) is 35.5 Å². The third-order valence-corrected chi connectivity index (χ3v) is 20.1. The molecule has 3 saturated carbocycles. The number of carbonyl (C=O) groups is 11. The number of hydrogen-bond acceptors (Lipinski definition) is 11. The lowest BCUT2D eigenvalue weighted by Crippen LogP contribution is -2.65. The summed E-state index contributed by atoms with van der Waals surface area (Å²) in [6, 6.07) is -7.74. The van der Waals surface area contributed by atoms with E-state index in [2.05, 4.69) is 21.3 Å². The van der Waals surface area contributed by atoms with Crippen molar-refractivity contribution in [1.82, 2.24) is 55.6 Å². The predicted octanol–water partition coefficient (Wildman–Crippen LogP) is 5.74. The molecule has 3 aliphatic carbocycles. The van der Waals surface area contributed by atoms with Crippen molar-refractivity contribution in [2.45, 2.75) is 250 Å². The second-order valence-corrected chi connectivity index (χ2v) is 28.5. The molecule has 2 aliphatic heterocycles. The summed E-state index contributed by atoms with van der Waals surface area (Å²) in [7, 11) is 8.58. The Morgan fingerprint density at radius 2 is 1.13 bits per heavy atom. The van der Waals surface area contributed by atoms with Gasteiger partial charge in [-0.15, -0.1) is 0 Å². The van der Waals surface area contributed by atoms with E-state index in [4.69, 9.17) is 0 Å². The predicted molar refractivity (Wildman–Crippen MR) is 338 cm³/mol. The topological polar surface area (TPSA) is 259 Å². The Morgan fingerprint density at radius 3 is 1.72 bits per heavy atom. The molecule has 0 bridgehead atoms. The maximum absolute atomic E-state index is 15.2. The van der Waals surface area contributed by atoms with Gasteiger partial charge in [-0.2, -0.15) is 13.2 Å². The van der Waals surface area contributed by atoms with Crippen molar-refractivity contribution in [3.8, 4) is 0 Å². The molecular weight excluding hydrogens is 1200 g/mol. The van der Waals surface area contributed by atoms with Crippen molar-refractivity contribution in [2.75, 3.05) is 68.5 Å². The minimum absolute atomic E-state index is 0.0138. The number of halogens is 4. The van der Waals surface area contributed by atoms with Crippen LogP contribution in [0.1, 0.15) is 190 Å². The van der Waals surface area contributed by atoms with Crippen LogP contribution < -0.4 is 21.3 Å². The monoisotopic (exact) mass is 1310 g/mol. The first kappa shape index (κ1) is 76.6. The summed E-state index contributed by atoms with van der Waals surface area (Å²) in [6.45, 7) is 11.2. The van der Waals surface area contributed by atoms with Crippen molar-refractivity contribution < 1.29 is 70.3 Å². The molecule has 0 aromatic rings. The lowest BCUT2D eigenvalue weighted by atomic mass is 9.78. The third kappa shape index (κ3) is 20.7. The quantitative estimate of drug-likeness (QED) is 0.182. The van der Waals surface area contributed by atoms with Gasteiger partial charge in [0.25, 0.3) is 0 Å². The molecule has 2 saturated heterocycles. The second kappa shape index (κ2) is 34.3. The van der Waals surface area contributed by atoms with Gasteiger partial charge >= 0.3 is 6.18 Å². The number of rotatable bonds is 11. The number of fused-ring (bicyclic) bond motifs is 1. The number of likely N-dealkylation sites (N-methyl/N-ethyl adjacent to an activating group) is 6. The van der Waals surface area contributed by atoms with Gasteiger partial charge in [0.2, 0.25) is 65.0 Å². The van der Waals surface area contributed by atoms with Gasteiger partial charge in [0, 0.05) is 61.3 Å². The lowest BCUT2D eigenvalue weighted by Gasteiger charge is -2.42. The Morgan fingerprint density at radius 1 is 0.565 bits per heavy atom. The molecule has 2 heterocycles. The van der Waals surface area contributed by atoms with E-state index in [9.17, 15) is 56.3 Å². The molecule has 1 spiro atoms. The van der Waals surface area contributed by atoms with Crippen LogP contribution in [-0.2, 0) is 52.7 Å². The number of hydrogen-bond donors (Lipinski definition) is 4. The molecule has 522 valence electrons. The molecule has 26 heteroatoms. The van der Waals surface area contributed by atoms with Gasteiger partial charge in [0.1, 0.15) is 48.0 Å². The van der Waals surface area contributed by atoms with Crippen LogP contribution in [-0.4, -0.2) is 228 Å². The van der Waals surface area contributed by atoms with Crippen LogP contribution in [0.15, 0.2) is 0 Å². The smallest absolute Gasteiger partial charge is 0.351 e. The van der Waals surface area contributed by atoms with Crippen molar-refractivity contribution in [3.05, 3.63) is 0 Å². The van der Waals surface area contributed by atoms with Crippen molar-refractivity contribution in [2.24, 2.45) is 35.5 Å². The maximum Gasteiger partial charge on any atom is 0.394 e. The molecule has 5 rings (SSSR count). The number of amides is 11. The Bertz CT molecular complexity index is 2580. The molecule has 92 heavy (non-hydrogen) atoms. The zero-order valence-corrected chi connectivity index (χ0v) is 57.1. The van der Waals surface area contributed by atoms with Gasteiger partial charge in [0.15, 0.2) is 0 Å². The number of carbonyl (C=O) groups excluding carboxylic acids is 11. The van der Waals surface area contributed by atoms with Crippen LogP contribution in [0.3, 0.4) is 0 Å². The van der Waals surface area contributed by atoms with Crippen molar-refractivity contribution in [1.29, 1.82) is 0 Å². The fourth-order valence-corrected chi connectivity index (χ4v) is 14.2. The standard InChI is InChI=1S/C66H109F4N11O11/c1-14-42(6)57-63(91)77(10)38-55(84)75(8)39-56(85)79(12)52(36-44-22-17-15-18-23-44)62(90)76(9)37-53(82)72-48(28-26-45-25-27-46(47(67)35-45)66(68,69)70)61(89)81-31-21-24-49(81)60(88)74-65(29-19-16-20-30-65)64(92)80(13)51(33-41(4)5)58(86)71-43(7)34-54(83)78(11)50(32-40(2)3)59(87)73-57/h40-52,57H,14-39H2,1-13H3,(H,71,86)(H,72,82)(H,73,87)(H,74,88)/t42-,43+,45?,46?,47?,48-,49-,50-,51-,52-,57-/m0/s1. The summed E-state index contributed by atoms with van der Waals surface area (Å²) in [5.74, 6) is -10.1. The Balaban J connectivity index is 1.54. The fraction of sp³-hybridized carbons (Fsp3) is 0.833. The average molecular weight is 1310 g/mol. The van der Waals surface area contributed by atoms with Crippen LogP contribution in [0.4, 0.5) is 17.6 Å². The molecule has 22 nitrogen and oxygen atoms in total. The lowest BCUT2D eigenvalue weighted by molar-refractivity contribution is -0.201. The van der Waals surface area contributed by atoms with E-state index in [1.54, 1.807) is 13.8 Å². The Kier molecular flexibility index (Phi) is 28.6. The SMILES string of the molecule is CC[C@H](C)[C@@H]1NC(=O)[C@H](CC(C)C)N(C)C(=O)C[C@@H](C)NC(=O)[C@H](CC(C)C)N(C)C(=O)C2(CCCCC2)NC(=O)[C@@H]2CCCN2C(=O)[C@H](CCC2CCC(C(F)(F)F)C(F)C2)NC(=O)CN(C)C(=O)[C@H](CC2CCCCC2)N(C)C(=O)CN(C)C(=O)CN(C)C1=O. The van der Waals surface area contributed by atoms with E-state index in [1.807, 2.05) is 34.6 Å². The van der Waals surface area contributed by atoms with Crippen molar-refractivity contribution in [3.63, 3.8) is 0 Å². The molecular formula is C66H109F4N11O11. The molecule has 3 unspecified atom stereocenters. The molecule has 0 aromatic carbocycles. The minimum Gasteiger partial charge on any atom is -0.351 e. The molecule has 0 aromatic heterocycles. The highest BCUT2D eigenvalue weighted by atomic mass is 19.4. The average Bonchev–Trinajstić information content (AvgIpc) is 1.18. The van der Waals surface area contributed by atoms with E-state index in [1.165, 1.54) is 61.9 Å². The van der Waals surface area contributed by atoms with Gasteiger partial charge < -0.3 is 55.6 Å². The van der Waals surface area contributed by atoms with Gasteiger partial charge in [0.05, 0.1) is 25.6 Å². The minimum atomic E-state index is -4.74. The molecule has 4 N–H and O–H groups in total. The van der Waals surface area contributed by atoms with Crippen molar-refractivity contribution >= 4 is 65.0 Å². The molecule has 5 fully saturated rings. The normalized spacial score (nSPS) is 29.6. The van der Waals surface area contributed by atoms with Crippen LogP contribution >= 0.6 is 0 Å². The molecule has 11 amide bonds. The Labute approximate surface area is 542 Å². The second-order valence-electron chi connectivity index (χ2n) is 28.5. The first-order chi connectivity index (χ1) is 43.1. The highest BCUT2D eigenvalue weighted by molar-refractivity contribution is 5.99. The summed E-state index contributed by atoms with van der Waals surface area (Å²) >= 11 is 0. The molecule has 11 atom stereocenters. The zero-order valence-electron chi connectivity index (χ0n) is 57.1. The highest BCUT2D eigenvalue weighted by Gasteiger charge is 2.50. The fourth-order valence-electron chi connectivity index (χ4n) is 14.2. The van der Waals surface area contributed by atoms with E-state index in [-0.39, 0.29) is 88.5 Å². The first-order valence-electron chi connectivity index (χ1n) is 33.9. The third-order valence-electron chi connectivity index (χ3n) is 20.1. The number of nitrogens with one attached hydrogen (secondary N) is 4. The van der Waals surface area contributed by atoms with Gasteiger partial charge in [-0.3, -0.25) is 52.7 Å². The number of nitrogens with zero attached hydrogens (tertiary/aromatic N) is 7. The van der Waals surface area contributed by atoms with Gasteiger partial charge in [-0.25, -0.2) is 4.39 Å². The van der Waals surface area contributed by atoms with Crippen LogP contribution in [0.5, 0.6) is 0 Å². The molecule has 5 aliphatic rings.